The van der Waals surface area contributed by atoms with Crippen LogP contribution in [0.3, 0.4) is 0 Å². The third-order valence-corrected chi connectivity index (χ3v) is 2.97. The van der Waals surface area contributed by atoms with E-state index in [1.54, 1.807) is 7.11 Å². The van der Waals surface area contributed by atoms with Crippen molar-refractivity contribution in [1.29, 1.82) is 0 Å². The van der Waals surface area contributed by atoms with E-state index in [1.165, 1.54) is 0 Å². The van der Waals surface area contributed by atoms with Gasteiger partial charge >= 0.3 is 5.97 Å². The minimum atomic E-state index is -0.711. The summed E-state index contributed by atoms with van der Waals surface area (Å²) in [6.45, 7) is 6.12. The lowest BCUT2D eigenvalue weighted by molar-refractivity contribution is -0.148. The first kappa shape index (κ1) is 15.3. The second kappa shape index (κ2) is 7.02. The maximum atomic E-state index is 12.1. The second-order valence-corrected chi connectivity index (χ2v) is 4.66. The number of hydrogen-bond acceptors (Lipinski definition) is 4. The van der Waals surface area contributed by atoms with Gasteiger partial charge < -0.3 is 14.8 Å². The molecule has 1 aromatic carbocycles. The zero-order valence-corrected chi connectivity index (χ0v) is 12.2. The lowest BCUT2D eigenvalue weighted by Crippen LogP contribution is -2.44. The Kier molecular flexibility index (Phi) is 5.67. The molecule has 4 nitrogen and oxygen atoms in total. The van der Waals surface area contributed by atoms with Crippen LogP contribution in [-0.4, -0.2) is 25.2 Å². The molecule has 0 saturated heterocycles. The van der Waals surface area contributed by atoms with E-state index in [9.17, 15) is 4.79 Å². The zero-order chi connectivity index (χ0) is 14.3. The van der Waals surface area contributed by atoms with Crippen molar-refractivity contribution < 1.29 is 14.3 Å². The van der Waals surface area contributed by atoms with Gasteiger partial charge in [-0.1, -0.05) is 19.4 Å². The Morgan fingerprint density at radius 1 is 1.37 bits per heavy atom. The molecule has 19 heavy (non-hydrogen) atoms. The zero-order valence-electron chi connectivity index (χ0n) is 12.2. The summed E-state index contributed by atoms with van der Waals surface area (Å²) in [6, 6.07) is 7.54. The molecule has 1 rings (SSSR count). The van der Waals surface area contributed by atoms with E-state index in [-0.39, 0.29) is 5.97 Å². The van der Waals surface area contributed by atoms with Crippen molar-refractivity contribution in [2.24, 2.45) is 0 Å². The third-order valence-electron chi connectivity index (χ3n) is 2.97. The topological polar surface area (TPSA) is 47.6 Å². The highest BCUT2D eigenvalue weighted by Crippen LogP contribution is 2.24. The van der Waals surface area contributed by atoms with Crippen molar-refractivity contribution in [1.82, 2.24) is 0 Å². The minimum absolute atomic E-state index is 0.223. The van der Waals surface area contributed by atoms with Gasteiger partial charge in [0.2, 0.25) is 0 Å². The Hall–Kier alpha value is -1.71. The van der Waals surface area contributed by atoms with Gasteiger partial charge in [-0.15, -0.1) is 0 Å². The summed E-state index contributed by atoms with van der Waals surface area (Å²) in [6.07, 6.45) is 1.61. The van der Waals surface area contributed by atoms with Crippen molar-refractivity contribution in [3.8, 4) is 5.75 Å². The maximum Gasteiger partial charge on any atom is 0.331 e. The first-order valence-corrected chi connectivity index (χ1v) is 6.65. The molecule has 0 aromatic heterocycles. The fourth-order valence-corrected chi connectivity index (χ4v) is 2.03. The number of anilines is 1. The fraction of sp³-hybridized carbons (Fsp3) is 0.533. The van der Waals surface area contributed by atoms with Crippen molar-refractivity contribution >= 4 is 11.7 Å². The molecule has 0 aliphatic heterocycles. The maximum absolute atomic E-state index is 12.1. The Bertz CT molecular complexity index is 420. The van der Waals surface area contributed by atoms with E-state index in [4.69, 9.17) is 9.47 Å². The summed E-state index contributed by atoms with van der Waals surface area (Å²) in [5.41, 5.74) is 0.139. The highest BCUT2D eigenvalue weighted by atomic mass is 16.5. The summed E-state index contributed by atoms with van der Waals surface area (Å²) < 4.78 is 10.3. The summed E-state index contributed by atoms with van der Waals surface area (Å²) in [4.78, 5) is 12.1. The molecular weight excluding hydrogens is 242 g/mol. The van der Waals surface area contributed by atoms with Crippen LogP contribution in [0.25, 0.3) is 0 Å². The van der Waals surface area contributed by atoms with E-state index in [0.717, 1.165) is 17.9 Å². The van der Waals surface area contributed by atoms with Crippen LogP contribution in [0.1, 0.15) is 33.6 Å². The highest BCUT2D eigenvalue weighted by Gasteiger charge is 2.33. The van der Waals surface area contributed by atoms with Gasteiger partial charge in [-0.3, -0.25) is 0 Å². The van der Waals surface area contributed by atoms with Gasteiger partial charge in [-0.25, -0.2) is 4.79 Å². The smallest absolute Gasteiger partial charge is 0.331 e. The number of hydrogen-bond donors (Lipinski definition) is 1. The van der Waals surface area contributed by atoms with Crippen LogP contribution in [0.5, 0.6) is 5.75 Å². The first-order valence-electron chi connectivity index (χ1n) is 6.65. The summed E-state index contributed by atoms with van der Waals surface area (Å²) in [5.74, 6) is 0.535. The molecule has 0 aliphatic carbocycles. The Labute approximate surface area is 115 Å². The highest BCUT2D eigenvalue weighted by molar-refractivity contribution is 5.84. The molecule has 1 aromatic rings. The molecule has 0 fully saturated rings. The molecule has 4 heteroatoms. The van der Waals surface area contributed by atoms with Gasteiger partial charge in [-0.2, -0.15) is 0 Å². The number of carbonyl (C=O) groups is 1. The van der Waals surface area contributed by atoms with E-state index in [1.807, 2.05) is 45.0 Å². The lowest BCUT2D eigenvalue weighted by atomic mass is 9.95. The molecule has 0 saturated carbocycles. The predicted octanol–water partition coefficient (Wildman–Crippen LogP) is 3.23. The quantitative estimate of drug-likeness (QED) is 0.769. The summed E-state index contributed by atoms with van der Waals surface area (Å²) in [5, 5.41) is 3.26. The Balaban J connectivity index is 2.90. The molecule has 106 valence electrons. The first-order chi connectivity index (χ1) is 9.05. The van der Waals surface area contributed by atoms with Crippen LogP contribution < -0.4 is 10.1 Å². The molecule has 0 heterocycles. The molecular formula is C15H23NO3. The standard InChI is InChI=1S/C15H23NO3/c1-5-10-15(3,14(17)19-6-2)16-12-8-7-9-13(11-12)18-4/h7-9,11,16H,5-6,10H2,1-4H3. The number of ether oxygens (including phenoxy) is 2. The number of esters is 1. The van der Waals surface area contributed by atoms with Crippen molar-refractivity contribution in [3.63, 3.8) is 0 Å². The van der Waals surface area contributed by atoms with Gasteiger partial charge in [-0.05, 0) is 32.4 Å². The van der Waals surface area contributed by atoms with E-state index >= 15 is 0 Å². The van der Waals surface area contributed by atoms with Crippen LogP contribution in [0.4, 0.5) is 5.69 Å². The predicted molar refractivity (Wildman–Crippen MR) is 76.6 cm³/mol. The average Bonchev–Trinajstić information content (AvgIpc) is 2.39. The van der Waals surface area contributed by atoms with Crippen molar-refractivity contribution in [2.45, 2.75) is 39.2 Å². The Morgan fingerprint density at radius 3 is 2.68 bits per heavy atom. The number of nitrogens with one attached hydrogen (secondary N) is 1. The largest absolute Gasteiger partial charge is 0.497 e. The fourth-order valence-electron chi connectivity index (χ4n) is 2.03. The third kappa shape index (κ3) is 4.16. The van der Waals surface area contributed by atoms with Crippen LogP contribution in [0, 0.1) is 0 Å². The number of benzene rings is 1. The second-order valence-electron chi connectivity index (χ2n) is 4.66. The molecule has 1 unspecified atom stereocenters. The molecule has 0 amide bonds. The van der Waals surface area contributed by atoms with Gasteiger partial charge in [0.05, 0.1) is 13.7 Å². The monoisotopic (exact) mass is 265 g/mol. The van der Waals surface area contributed by atoms with Crippen LogP contribution >= 0.6 is 0 Å². The molecule has 0 aliphatic rings. The van der Waals surface area contributed by atoms with Gasteiger partial charge in [0, 0.05) is 11.8 Å². The van der Waals surface area contributed by atoms with E-state index < -0.39 is 5.54 Å². The molecule has 0 bridgehead atoms. The van der Waals surface area contributed by atoms with Crippen molar-refractivity contribution in [2.75, 3.05) is 19.0 Å². The van der Waals surface area contributed by atoms with Gasteiger partial charge in [0.25, 0.3) is 0 Å². The lowest BCUT2D eigenvalue weighted by Gasteiger charge is -2.29. The van der Waals surface area contributed by atoms with Crippen LogP contribution in [0.15, 0.2) is 24.3 Å². The summed E-state index contributed by atoms with van der Waals surface area (Å²) >= 11 is 0. The van der Waals surface area contributed by atoms with Crippen molar-refractivity contribution in [3.05, 3.63) is 24.3 Å². The van der Waals surface area contributed by atoms with E-state index in [2.05, 4.69) is 5.32 Å². The normalized spacial score (nSPS) is 13.5. The van der Waals surface area contributed by atoms with Gasteiger partial charge in [0.1, 0.15) is 11.3 Å². The number of methoxy groups -OCH3 is 1. The molecule has 0 spiro atoms. The molecule has 0 radical (unpaired) electrons. The van der Waals surface area contributed by atoms with Crippen LogP contribution in [0.2, 0.25) is 0 Å². The molecule has 1 N–H and O–H groups in total. The Morgan fingerprint density at radius 2 is 2.11 bits per heavy atom. The summed E-state index contributed by atoms with van der Waals surface area (Å²) in [7, 11) is 1.62. The van der Waals surface area contributed by atoms with Gasteiger partial charge in [0.15, 0.2) is 0 Å². The van der Waals surface area contributed by atoms with E-state index in [0.29, 0.717) is 13.0 Å². The average molecular weight is 265 g/mol. The number of rotatable bonds is 7. The minimum Gasteiger partial charge on any atom is -0.497 e. The number of carbonyl (C=O) groups excluding carboxylic acids is 1. The van der Waals surface area contributed by atoms with Crippen LogP contribution in [-0.2, 0) is 9.53 Å². The SMILES string of the molecule is CCCC(C)(Nc1cccc(OC)c1)C(=O)OCC. The molecule has 1 atom stereocenters.